The number of fused-ring (bicyclic) bond motifs is 1. The van der Waals surface area contributed by atoms with Crippen LogP contribution in [0.1, 0.15) is 21.5 Å². The average Bonchev–Trinajstić information content (AvgIpc) is 2.95. The van der Waals surface area contributed by atoms with Crippen molar-refractivity contribution in [3.63, 3.8) is 0 Å². The van der Waals surface area contributed by atoms with Crippen molar-refractivity contribution >= 4 is 23.0 Å². The fourth-order valence-electron chi connectivity index (χ4n) is 2.11. The second-order valence-corrected chi connectivity index (χ2v) is 4.78. The van der Waals surface area contributed by atoms with E-state index in [0.29, 0.717) is 18.1 Å². The maximum Gasteiger partial charge on any atom is 0.335 e. The Hall–Kier alpha value is -3.33. The normalized spacial score (nSPS) is 10.3. The third-order valence-electron chi connectivity index (χ3n) is 3.27. The number of nitrogens with zero attached hydrogens (tertiary/aromatic N) is 2. The van der Waals surface area contributed by atoms with Gasteiger partial charge in [-0.2, -0.15) is 5.26 Å². The van der Waals surface area contributed by atoms with Gasteiger partial charge in [-0.15, -0.1) is 0 Å². The lowest BCUT2D eigenvalue weighted by Gasteiger charge is -2.03. The van der Waals surface area contributed by atoms with Gasteiger partial charge in [0, 0.05) is 6.54 Å². The Morgan fingerprint density at radius 2 is 2.05 bits per heavy atom. The zero-order valence-electron chi connectivity index (χ0n) is 11.5. The molecular weight excluding hydrogens is 280 g/mol. The van der Waals surface area contributed by atoms with E-state index >= 15 is 0 Å². The standard InChI is InChI=1S/C16H12N4O2/c17-8-11-3-6-13-14(7-11)20-16(19-13)18-9-10-1-4-12(5-2-10)15(21)22/h1-7H,9H2,(H,21,22)(H2,18,19,20). The van der Waals surface area contributed by atoms with Gasteiger partial charge in [-0.05, 0) is 35.9 Å². The van der Waals surface area contributed by atoms with Crippen LogP contribution in [0.3, 0.4) is 0 Å². The monoisotopic (exact) mass is 292 g/mol. The van der Waals surface area contributed by atoms with Gasteiger partial charge in [0.05, 0.1) is 28.2 Å². The maximum atomic E-state index is 10.8. The third kappa shape index (κ3) is 2.74. The van der Waals surface area contributed by atoms with E-state index in [0.717, 1.165) is 16.6 Å². The fourth-order valence-corrected chi connectivity index (χ4v) is 2.11. The summed E-state index contributed by atoms with van der Waals surface area (Å²) in [6.07, 6.45) is 0. The summed E-state index contributed by atoms with van der Waals surface area (Å²) < 4.78 is 0. The van der Waals surface area contributed by atoms with Crippen LogP contribution < -0.4 is 5.32 Å². The van der Waals surface area contributed by atoms with E-state index in [2.05, 4.69) is 21.4 Å². The van der Waals surface area contributed by atoms with Gasteiger partial charge in [0.15, 0.2) is 0 Å². The number of carbonyl (C=O) groups is 1. The molecule has 3 rings (SSSR count). The van der Waals surface area contributed by atoms with Crippen molar-refractivity contribution in [3.05, 3.63) is 59.2 Å². The molecule has 0 amide bonds. The number of hydrogen-bond donors (Lipinski definition) is 3. The molecule has 108 valence electrons. The van der Waals surface area contributed by atoms with E-state index in [1.807, 2.05) is 0 Å². The molecule has 0 atom stereocenters. The molecule has 0 aliphatic heterocycles. The first-order chi connectivity index (χ1) is 10.7. The highest BCUT2D eigenvalue weighted by Gasteiger charge is 2.05. The third-order valence-corrected chi connectivity index (χ3v) is 3.27. The second kappa shape index (κ2) is 5.58. The highest BCUT2D eigenvalue weighted by Crippen LogP contribution is 2.16. The molecule has 3 aromatic rings. The molecule has 6 nitrogen and oxygen atoms in total. The minimum absolute atomic E-state index is 0.261. The molecule has 0 fully saturated rings. The molecule has 0 aliphatic rings. The van der Waals surface area contributed by atoms with Crippen LogP contribution in [0, 0.1) is 11.3 Å². The molecule has 0 saturated heterocycles. The first-order valence-electron chi connectivity index (χ1n) is 6.62. The maximum absolute atomic E-state index is 10.8. The molecule has 0 radical (unpaired) electrons. The van der Waals surface area contributed by atoms with Crippen molar-refractivity contribution < 1.29 is 9.90 Å². The lowest BCUT2D eigenvalue weighted by molar-refractivity contribution is 0.0697. The predicted molar refractivity (Wildman–Crippen MR) is 81.5 cm³/mol. The number of aromatic carboxylic acids is 1. The van der Waals surface area contributed by atoms with Crippen LogP contribution in [-0.4, -0.2) is 21.0 Å². The lowest BCUT2D eigenvalue weighted by Crippen LogP contribution is -2.02. The highest BCUT2D eigenvalue weighted by molar-refractivity contribution is 5.87. The molecule has 3 N–H and O–H groups in total. The van der Waals surface area contributed by atoms with E-state index in [9.17, 15) is 4.79 Å². The summed E-state index contributed by atoms with van der Waals surface area (Å²) in [6.45, 7) is 0.519. The Bertz CT molecular complexity index is 875. The molecule has 2 aromatic carbocycles. The largest absolute Gasteiger partial charge is 0.478 e. The Morgan fingerprint density at radius 3 is 2.73 bits per heavy atom. The SMILES string of the molecule is N#Cc1ccc2nc(NCc3ccc(C(=O)O)cc3)[nH]c2c1. The van der Waals surface area contributed by atoms with Crippen molar-refractivity contribution in [3.8, 4) is 6.07 Å². The number of aromatic nitrogens is 2. The lowest BCUT2D eigenvalue weighted by atomic mass is 10.1. The first kappa shape index (κ1) is 13.6. The van der Waals surface area contributed by atoms with Gasteiger partial charge in [0.25, 0.3) is 0 Å². The average molecular weight is 292 g/mol. The number of aromatic amines is 1. The van der Waals surface area contributed by atoms with E-state index in [1.54, 1.807) is 42.5 Å². The Labute approximate surface area is 126 Å². The zero-order valence-corrected chi connectivity index (χ0v) is 11.5. The number of carboxylic acids is 1. The Kier molecular flexibility index (Phi) is 3.46. The number of rotatable bonds is 4. The van der Waals surface area contributed by atoms with Crippen LogP contribution in [-0.2, 0) is 6.54 Å². The molecular formula is C16H12N4O2. The fraction of sp³-hybridized carbons (Fsp3) is 0.0625. The summed E-state index contributed by atoms with van der Waals surface area (Å²) in [6, 6.07) is 14.0. The molecule has 0 aliphatic carbocycles. The quantitative estimate of drug-likeness (QED) is 0.686. The van der Waals surface area contributed by atoms with Crippen molar-refractivity contribution in [2.75, 3.05) is 5.32 Å². The summed E-state index contributed by atoms with van der Waals surface area (Å²) in [5.74, 6) is -0.336. The van der Waals surface area contributed by atoms with Gasteiger partial charge < -0.3 is 15.4 Å². The molecule has 0 unspecified atom stereocenters. The number of anilines is 1. The molecule has 1 aromatic heterocycles. The van der Waals surface area contributed by atoms with Crippen molar-refractivity contribution in [1.82, 2.24) is 9.97 Å². The number of nitrogens with one attached hydrogen (secondary N) is 2. The summed E-state index contributed by atoms with van der Waals surface area (Å²) in [4.78, 5) is 18.3. The molecule has 22 heavy (non-hydrogen) atoms. The molecule has 1 heterocycles. The molecule has 0 bridgehead atoms. The Balaban J connectivity index is 1.73. The van der Waals surface area contributed by atoms with Crippen LogP contribution in [0.2, 0.25) is 0 Å². The van der Waals surface area contributed by atoms with Crippen molar-refractivity contribution in [1.29, 1.82) is 5.26 Å². The first-order valence-corrected chi connectivity index (χ1v) is 6.62. The van der Waals surface area contributed by atoms with Crippen LogP contribution >= 0.6 is 0 Å². The smallest absolute Gasteiger partial charge is 0.335 e. The molecule has 6 heteroatoms. The predicted octanol–water partition coefficient (Wildman–Crippen LogP) is 2.74. The van der Waals surface area contributed by atoms with Gasteiger partial charge in [-0.25, -0.2) is 9.78 Å². The zero-order chi connectivity index (χ0) is 15.5. The van der Waals surface area contributed by atoms with Crippen LogP contribution in [0.25, 0.3) is 11.0 Å². The summed E-state index contributed by atoms with van der Waals surface area (Å²) >= 11 is 0. The summed E-state index contributed by atoms with van der Waals surface area (Å²) in [7, 11) is 0. The van der Waals surface area contributed by atoms with Gasteiger partial charge in [-0.1, -0.05) is 12.1 Å². The van der Waals surface area contributed by atoms with E-state index in [4.69, 9.17) is 10.4 Å². The number of nitriles is 1. The number of hydrogen-bond acceptors (Lipinski definition) is 4. The van der Waals surface area contributed by atoms with Crippen LogP contribution in [0.5, 0.6) is 0 Å². The summed E-state index contributed by atoms with van der Waals surface area (Å²) in [5.41, 5.74) is 3.36. The van der Waals surface area contributed by atoms with Gasteiger partial charge in [0.2, 0.25) is 5.95 Å². The number of benzene rings is 2. The van der Waals surface area contributed by atoms with E-state index < -0.39 is 5.97 Å². The second-order valence-electron chi connectivity index (χ2n) is 4.78. The Morgan fingerprint density at radius 1 is 1.27 bits per heavy atom. The molecule has 0 saturated carbocycles. The van der Waals surface area contributed by atoms with Gasteiger partial charge in [0.1, 0.15) is 0 Å². The minimum atomic E-state index is -0.940. The van der Waals surface area contributed by atoms with Gasteiger partial charge in [-0.3, -0.25) is 0 Å². The van der Waals surface area contributed by atoms with E-state index in [-0.39, 0.29) is 5.56 Å². The molecule has 0 spiro atoms. The topological polar surface area (TPSA) is 102 Å². The minimum Gasteiger partial charge on any atom is -0.478 e. The van der Waals surface area contributed by atoms with Crippen molar-refractivity contribution in [2.45, 2.75) is 6.54 Å². The summed E-state index contributed by atoms with van der Waals surface area (Å²) in [5, 5.41) is 20.9. The number of H-pyrrole nitrogens is 1. The number of carboxylic acid groups (broad SMARTS) is 1. The van der Waals surface area contributed by atoms with Crippen LogP contribution in [0.4, 0.5) is 5.95 Å². The van der Waals surface area contributed by atoms with Gasteiger partial charge >= 0.3 is 5.97 Å². The highest BCUT2D eigenvalue weighted by atomic mass is 16.4. The van der Waals surface area contributed by atoms with Crippen LogP contribution in [0.15, 0.2) is 42.5 Å². The van der Waals surface area contributed by atoms with Crippen molar-refractivity contribution in [2.24, 2.45) is 0 Å². The number of imidazole rings is 1. The van der Waals surface area contributed by atoms with E-state index in [1.165, 1.54) is 0 Å².